The number of aromatic nitrogens is 1. The zero-order valence-corrected chi connectivity index (χ0v) is 11.3. The van der Waals surface area contributed by atoms with Crippen molar-refractivity contribution in [1.82, 2.24) is 4.98 Å². The Morgan fingerprint density at radius 3 is 2.74 bits per heavy atom. The molecule has 2 aromatic rings. The second kappa shape index (κ2) is 5.69. The van der Waals surface area contributed by atoms with E-state index in [1.807, 2.05) is 32.0 Å². The number of hydrogen-bond acceptors (Lipinski definition) is 3. The maximum absolute atomic E-state index is 13.1. The second-order valence-electron chi connectivity index (χ2n) is 4.51. The van der Waals surface area contributed by atoms with Gasteiger partial charge in [0.2, 0.25) is 0 Å². The largest absolute Gasteiger partial charge is 0.495 e. The molecule has 0 saturated heterocycles. The molecule has 1 aromatic heterocycles. The molecule has 19 heavy (non-hydrogen) atoms. The number of rotatable bonds is 4. The summed E-state index contributed by atoms with van der Waals surface area (Å²) in [6.07, 6.45) is 2.85. The van der Waals surface area contributed by atoms with Gasteiger partial charge in [0, 0.05) is 6.20 Å². The number of aryl methyl sites for hydroxylation is 1. The number of hydrogen-bond donors (Lipinski definition) is 1. The minimum Gasteiger partial charge on any atom is -0.495 e. The normalized spacial score (nSPS) is 12.0. The molecule has 4 heteroatoms. The molecule has 1 N–H and O–H groups in total. The van der Waals surface area contributed by atoms with E-state index < -0.39 is 0 Å². The zero-order valence-electron chi connectivity index (χ0n) is 11.3. The summed E-state index contributed by atoms with van der Waals surface area (Å²) in [6, 6.07) is 7.34. The first-order chi connectivity index (χ1) is 9.10. The van der Waals surface area contributed by atoms with Gasteiger partial charge >= 0.3 is 0 Å². The fourth-order valence-electron chi connectivity index (χ4n) is 1.90. The van der Waals surface area contributed by atoms with E-state index in [4.69, 9.17) is 4.74 Å². The van der Waals surface area contributed by atoms with E-state index in [1.54, 1.807) is 13.3 Å². The van der Waals surface area contributed by atoms with E-state index in [1.165, 1.54) is 12.3 Å². The van der Waals surface area contributed by atoms with E-state index in [2.05, 4.69) is 10.3 Å². The molecule has 3 nitrogen and oxygen atoms in total. The first-order valence-corrected chi connectivity index (χ1v) is 6.12. The molecule has 100 valence electrons. The lowest BCUT2D eigenvalue weighted by Gasteiger charge is -2.18. The minimum atomic E-state index is -0.331. The van der Waals surface area contributed by atoms with Crippen LogP contribution in [0.2, 0.25) is 0 Å². The van der Waals surface area contributed by atoms with Crippen LogP contribution < -0.4 is 10.1 Å². The highest BCUT2D eigenvalue weighted by molar-refractivity contribution is 5.58. The highest BCUT2D eigenvalue weighted by atomic mass is 19.1. The highest BCUT2D eigenvalue weighted by Gasteiger charge is 2.10. The molecule has 0 bridgehead atoms. The summed E-state index contributed by atoms with van der Waals surface area (Å²) >= 11 is 0. The third kappa shape index (κ3) is 3.22. The third-order valence-electron chi connectivity index (χ3n) is 2.96. The number of pyridine rings is 1. The average Bonchev–Trinajstić information content (AvgIpc) is 2.40. The number of ether oxygens (including phenoxy) is 1. The van der Waals surface area contributed by atoms with Gasteiger partial charge in [0.1, 0.15) is 11.6 Å². The predicted molar refractivity (Wildman–Crippen MR) is 74.0 cm³/mol. The number of nitrogens with zero attached hydrogens (tertiary/aromatic N) is 1. The molecule has 1 atom stereocenters. The average molecular weight is 260 g/mol. The van der Waals surface area contributed by atoms with Crippen LogP contribution in [0.3, 0.4) is 0 Å². The molecule has 0 amide bonds. The van der Waals surface area contributed by atoms with Crippen molar-refractivity contribution < 1.29 is 9.13 Å². The van der Waals surface area contributed by atoms with E-state index in [-0.39, 0.29) is 11.9 Å². The number of anilines is 1. The summed E-state index contributed by atoms with van der Waals surface area (Å²) in [5.41, 5.74) is 2.80. The Labute approximate surface area is 112 Å². The van der Waals surface area contributed by atoms with Gasteiger partial charge in [-0.15, -0.1) is 0 Å². The van der Waals surface area contributed by atoms with Gasteiger partial charge in [0.05, 0.1) is 25.0 Å². The fraction of sp³-hybridized carbons (Fsp3) is 0.267. The summed E-state index contributed by atoms with van der Waals surface area (Å²) in [4.78, 5) is 3.86. The van der Waals surface area contributed by atoms with E-state index in [0.29, 0.717) is 0 Å². The molecule has 1 aromatic carbocycles. The van der Waals surface area contributed by atoms with Crippen LogP contribution in [-0.2, 0) is 0 Å². The topological polar surface area (TPSA) is 34.1 Å². The van der Waals surface area contributed by atoms with Crippen molar-refractivity contribution in [3.05, 3.63) is 53.6 Å². The smallest absolute Gasteiger partial charge is 0.142 e. The number of methoxy groups -OCH3 is 1. The van der Waals surface area contributed by atoms with Gasteiger partial charge < -0.3 is 10.1 Å². The second-order valence-corrected chi connectivity index (χ2v) is 4.51. The van der Waals surface area contributed by atoms with Crippen molar-refractivity contribution in [2.45, 2.75) is 19.9 Å². The van der Waals surface area contributed by atoms with E-state index in [0.717, 1.165) is 22.6 Å². The zero-order chi connectivity index (χ0) is 13.8. The molecule has 0 saturated carbocycles. The quantitative estimate of drug-likeness (QED) is 0.910. The van der Waals surface area contributed by atoms with Gasteiger partial charge in [-0.1, -0.05) is 6.07 Å². The molecule has 1 unspecified atom stereocenters. The summed E-state index contributed by atoms with van der Waals surface area (Å²) in [7, 11) is 1.63. The SMILES string of the molecule is COc1cc(C)ccc1NC(C)c1cncc(F)c1. The molecule has 0 fully saturated rings. The van der Waals surface area contributed by atoms with Crippen LogP contribution in [0.1, 0.15) is 24.1 Å². The lowest BCUT2D eigenvalue weighted by atomic mass is 10.1. The van der Waals surface area contributed by atoms with Crippen molar-refractivity contribution in [3.63, 3.8) is 0 Å². The Hall–Kier alpha value is -2.10. The van der Waals surface area contributed by atoms with Crippen molar-refractivity contribution in [3.8, 4) is 5.75 Å². The lowest BCUT2D eigenvalue weighted by Crippen LogP contribution is -2.08. The minimum absolute atomic E-state index is 0.0557. The summed E-state index contributed by atoms with van der Waals surface area (Å²) < 4.78 is 18.5. The van der Waals surface area contributed by atoms with Crippen molar-refractivity contribution in [1.29, 1.82) is 0 Å². The number of nitrogens with one attached hydrogen (secondary N) is 1. The first kappa shape index (κ1) is 13.3. The van der Waals surface area contributed by atoms with Crippen LogP contribution in [0.15, 0.2) is 36.7 Å². The van der Waals surface area contributed by atoms with Gasteiger partial charge in [-0.2, -0.15) is 0 Å². The summed E-state index contributed by atoms with van der Waals surface area (Å²) in [5.74, 6) is 0.443. The van der Waals surface area contributed by atoms with Gasteiger partial charge in [0.25, 0.3) is 0 Å². The van der Waals surface area contributed by atoms with Crippen LogP contribution in [0.5, 0.6) is 5.75 Å². The molecular weight excluding hydrogens is 243 g/mol. The number of halogens is 1. The van der Waals surface area contributed by atoms with Gasteiger partial charge in [-0.25, -0.2) is 4.39 Å². The monoisotopic (exact) mass is 260 g/mol. The standard InChI is InChI=1S/C15H17FN2O/c1-10-4-5-14(15(6-10)19-3)18-11(2)12-7-13(16)9-17-8-12/h4-9,11,18H,1-3H3. The first-order valence-electron chi connectivity index (χ1n) is 6.12. The van der Waals surface area contributed by atoms with Crippen molar-refractivity contribution in [2.24, 2.45) is 0 Å². The summed E-state index contributed by atoms with van der Waals surface area (Å²) in [5, 5.41) is 3.30. The van der Waals surface area contributed by atoms with Gasteiger partial charge in [0.15, 0.2) is 0 Å². The molecule has 0 aliphatic rings. The van der Waals surface area contributed by atoms with E-state index in [9.17, 15) is 4.39 Å². The van der Waals surface area contributed by atoms with Crippen LogP contribution in [0.25, 0.3) is 0 Å². The van der Waals surface area contributed by atoms with Gasteiger partial charge in [-0.3, -0.25) is 4.98 Å². The Morgan fingerprint density at radius 1 is 1.26 bits per heavy atom. The fourth-order valence-corrected chi connectivity index (χ4v) is 1.90. The Balaban J connectivity index is 2.21. The molecule has 0 spiro atoms. The van der Waals surface area contributed by atoms with E-state index >= 15 is 0 Å². The van der Waals surface area contributed by atoms with Crippen LogP contribution >= 0.6 is 0 Å². The van der Waals surface area contributed by atoms with Crippen LogP contribution in [-0.4, -0.2) is 12.1 Å². The third-order valence-corrected chi connectivity index (χ3v) is 2.96. The summed E-state index contributed by atoms with van der Waals surface area (Å²) in [6.45, 7) is 3.96. The Morgan fingerprint density at radius 2 is 2.05 bits per heavy atom. The lowest BCUT2D eigenvalue weighted by molar-refractivity contribution is 0.415. The predicted octanol–water partition coefficient (Wildman–Crippen LogP) is 3.71. The van der Waals surface area contributed by atoms with Crippen molar-refractivity contribution >= 4 is 5.69 Å². The van der Waals surface area contributed by atoms with Crippen LogP contribution in [0.4, 0.5) is 10.1 Å². The van der Waals surface area contributed by atoms with Crippen molar-refractivity contribution in [2.75, 3.05) is 12.4 Å². The Bertz CT molecular complexity index is 572. The molecular formula is C15H17FN2O. The highest BCUT2D eigenvalue weighted by Crippen LogP contribution is 2.29. The molecule has 0 aliphatic heterocycles. The Kier molecular flexibility index (Phi) is 4.00. The maximum atomic E-state index is 13.1. The number of benzene rings is 1. The molecule has 0 radical (unpaired) electrons. The maximum Gasteiger partial charge on any atom is 0.142 e. The molecule has 2 rings (SSSR count). The van der Waals surface area contributed by atoms with Crippen LogP contribution in [0, 0.1) is 12.7 Å². The molecule has 1 heterocycles. The van der Waals surface area contributed by atoms with Gasteiger partial charge in [-0.05, 0) is 43.2 Å². The molecule has 0 aliphatic carbocycles.